The summed E-state index contributed by atoms with van der Waals surface area (Å²) in [6, 6.07) is 1.66. The van der Waals surface area contributed by atoms with E-state index in [1.165, 1.54) is 11.3 Å². The molecule has 1 amide bonds. The van der Waals surface area contributed by atoms with E-state index in [1.807, 2.05) is 0 Å². The van der Waals surface area contributed by atoms with Crippen molar-refractivity contribution < 1.29 is 32.6 Å². The van der Waals surface area contributed by atoms with Crippen molar-refractivity contribution in [1.82, 2.24) is 0 Å². The number of carboxylic acids is 1. The van der Waals surface area contributed by atoms with Crippen LogP contribution in [0.4, 0.5) is 13.2 Å². The van der Waals surface area contributed by atoms with Gasteiger partial charge < -0.3 is 21.3 Å². The summed E-state index contributed by atoms with van der Waals surface area (Å²) in [4.78, 5) is 23.1. The van der Waals surface area contributed by atoms with E-state index in [0.717, 1.165) is 0 Å². The summed E-state index contributed by atoms with van der Waals surface area (Å²) in [6.07, 6.45) is -5.08. The highest BCUT2D eigenvalue weighted by molar-refractivity contribution is 7.14. The minimum Gasteiger partial charge on any atom is -0.481 e. The fourth-order valence-electron chi connectivity index (χ4n) is 0.700. The predicted molar refractivity (Wildman–Crippen MR) is 69.3 cm³/mol. The molecule has 0 atom stereocenters. The van der Waals surface area contributed by atoms with Crippen LogP contribution in [-0.4, -0.2) is 35.7 Å². The number of hydrogen-bond acceptors (Lipinski definition) is 4. The molecule has 0 aliphatic carbocycles. The van der Waals surface area contributed by atoms with E-state index in [2.05, 4.69) is 4.99 Å². The van der Waals surface area contributed by atoms with Crippen LogP contribution in [0, 0.1) is 0 Å². The van der Waals surface area contributed by atoms with E-state index >= 15 is 0 Å². The lowest BCUT2D eigenvalue weighted by Gasteiger charge is -2.00. The maximum absolute atomic E-state index is 10.9. The molecule has 0 saturated heterocycles. The first kappa shape index (κ1) is 19.0. The number of aliphatic imine (C=N–C) groups is 1. The number of carbonyl (C=O) groups excluding carboxylic acids is 1. The molecule has 0 fully saturated rings. The van der Waals surface area contributed by atoms with Crippen LogP contribution in [0.5, 0.6) is 5.75 Å². The third-order valence-electron chi connectivity index (χ3n) is 1.43. The number of alkyl halides is 3. The summed E-state index contributed by atoms with van der Waals surface area (Å²) in [7, 11) is 0. The molecule has 1 aromatic heterocycles. The number of carbonyl (C=O) groups is 2. The summed E-state index contributed by atoms with van der Waals surface area (Å²) in [5.41, 5.74) is 10.00. The zero-order valence-corrected chi connectivity index (χ0v) is 11.6. The number of nitrogens with zero attached hydrogens (tertiary/aromatic N) is 1. The SMILES string of the molecule is NC(N)=NC(=O)COc1ccsc1Cl.O=C(O)C(F)(F)F. The van der Waals surface area contributed by atoms with Crippen LogP contribution < -0.4 is 16.2 Å². The average molecular weight is 348 g/mol. The Bertz CT molecular complexity index is 529. The summed E-state index contributed by atoms with van der Waals surface area (Å²) in [5, 5.41) is 8.88. The van der Waals surface area contributed by atoms with Gasteiger partial charge in [0, 0.05) is 0 Å². The number of amides is 1. The van der Waals surface area contributed by atoms with Crippen molar-refractivity contribution in [1.29, 1.82) is 0 Å². The Hall–Kier alpha value is -2.01. The van der Waals surface area contributed by atoms with Gasteiger partial charge in [-0.15, -0.1) is 11.3 Å². The second-order valence-electron chi connectivity index (χ2n) is 3.08. The Morgan fingerprint density at radius 3 is 2.29 bits per heavy atom. The van der Waals surface area contributed by atoms with Gasteiger partial charge in [-0.05, 0) is 11.4 Å². The van der Waals surface area contributed by atoms with Crippen molar-refractivity contribution in [3.8, 4) is 5.75 Å². The van der Waals surface area contributed by atoms with Gasteiger partial charge in [-0.1, -0.05) is 11.6 Å². The number of guanidine groups is 1. The smallest absolute Gasteiger partial charge is 0.481 e. The van der Waals surface area contributed by atoms with Gasteiger partial charge in [0.15, 0.2) is 12.6 Å². The normalized spacial score (nSPS) is 10.1. The molecule has 118 valence electrons. The van der Waals surface area contributed by atoms with Crippen molar-refractivity contribution in [2.45, 2.75) is 6.18 Å². The molecule has 1 heterocycles. The highest BCUT2D eigenvalue weighted by Gasteiger charge is 2.38. The molecule has 12 heteroatoms. The van der Waals surface area contributed by atoms with Crippen LogP contribution in [-0.2, 0) is 9.59 Å². The molecule has 7 nitrogen and oxygen atoms in total. The summed E-state index contributed by atoms with van der Waals surface area (Å²) >= 11 is 7.04. The maximum Gasteiger partial charge on any atom is 0.490 e. The second-order valence-corrected chi connectivity index (χ2v) is 4.60. The topological polar surface area (TPSA) is 128 Å². The first-order valence-electron chi connectivity index (χ1n) is 4.82. The Morgan fingerprint density at radius 2 is 1.95 bits per heavy atom. The van der Waals surface area contributed by atoms with Crippen LogP contribution >= 0.6 is 22.9 Å². The first-order chi connectivity index (χ1) is 9.54. The van der Waals surface area contributed by atoms with E-state index in [-0.39, 0.29) is 12.6 Å². The summed E-state index contributed by atoms with van der Waals surface area (Å²) in [6.45, 7) is -0.228. The Labute approximate surface area is 125 Å². The Kier molecular flexibility index (Phi) is 7.52. The van der Waals surface area contributed by atoms with Crippen LogP contribution in [0.25, 0.3) is 0 Å². The largest absolute Gasteiger partial charge is 0.490 e. The molecular weight excluding hydrogens is 339 g/mol. The minimum atomic E-state index is -5.08. The van der Waals surface area contributed by atoms with Crippen molar-refractivity contribution in [2.75, 3.05) is 6.61 Å². The third-order valence-corrected chi connectivity index (χ3v) is 2.57. The highest BCUT2D eigenvalue weighted by Crippen LogP contribution is 2.29. The van der Waals surface area contributed by atoms with Crippen LogP contribution in [0.2, 0.25) is 4.34 Å². The van der Waals surface area contributed by atoms with Gasteiger partial charge in [-0.2, -0.15) is 18.2 Å². The van der Waals surface area contributed by atoms with Gasteiger partial charge in [-0.25, -0.2) is 4.79 Å². The number of nitrogens with two attached hydrogens (primary N) is 2. The summed E-state index contributed by atoms with van der Waals surface area (Å²) in [5.74, 6) is -3.13. The molecule has 0 aliphatic rings. The molecule has 0 bridgehead atoms. The molecule has 0 radical (unpaired) electrons. The van der Waals surface area contributed by atoms with Gasteiger partial charge in [-0.3, -0.25) is 4.79 Å². The van der Waals surface area contributed by atoms with Crippen molar-refractivity contribution in [3.05, 3.63) is 15.8 Å². The van der Waals surface area contributed by atoms with E-state index in [0.29, 0.717) is 10.1 Å². The predicted octanol–water partition coefficient (Wildman–Crippen LogP) is 1.21. The molecule has 0 unspecified atom stereocenters. The van der Waals surface area contributed by atoms with Gasteiger partial charge in [0.25, 0.3) is 5.91 Å². The standard InChI is InChI=1S/C7H8ClN3O2S.C2HF3O2/c8-6-4(1-2-14-6)13-3-5(12)11-7(9)10;3-2(4,5)1(6)7/h1-2H,3H2,(H4,9,10,11,12);(H,6,7). The number of hydrogen-bond donors (Lipinski definition) is 3. The lowest BCUT2D eigenvalue weighted by molar-refractivity contribution is -0.192. The van der Waals surface area contributed by atoms with Crippen molar-refractivity contribution in [3.63, 3.8) is 0 Å². The highest BCUT2D eigenvalue weighted by atomic mass is 35.5. The number of carboxylic acid groups (broad SMARTS) is 1. The molecule has 1 aromatic rings. The van der Waals surface area contributed by atoms with Gasteiger partial charge in [0.05, 0.1) is 0 Å². The van der Waals surface area contributed by atoms with E-state index in [1.54, 1.807) is 11.4 Å². The number of aliphatic carboxylic acids is 1. The van der Waals surface area contributed by atoms with E-state index in [9.17, 15) is 18.0 Å². The maximum atomic E-state index is 10.9. The number of rotatable bonds is 3. The van der Waals surface area contributed by atoms with Crippen LogP contribution in [0.3, 0.4) is 0 Å². The van der Waals surface area contributed by atoms with Gasteiger partial charge in [0.1, 0.15) is 10.1 Å². The molecule has 5 N–H and O–H groups in total. The zero-order chi connectivity index (χ0) is 16.6. The molecule has 0 saturated carbocycles. The number of ether oxygens (including phenoxy) is 1. The van der Waals surface area contributed by atoms with E-state index in [4.69, 9.17) is 37.7 Å². The van der Waals surface area contributed by atoms with Crippen molar-refractivity contribution >= 4 is 40.8 Å². The van der Waals surface area contributed by atoms with Gasteiger partial charge >= 0.3 is 12.1 Å². The quantitative estimate of drug-likeness (QED) is 0.557. The Balaban J connectivity index is 0.000000486. The van der Waals surface area contributed by atoms with Crippen LogP contribution in [0.15, 0.2) is 16.4 Å². The first-order valence-corrected chi connectivity index (χ1v) is 6.08. The zero-order valence-electron chi connectivity index (χ0n) is 10.1. The fraction of sp³-hybridized carbons (Fsp3) is 0.222. The molecule has 0 aromatic carbocycles. The molecular formula is C9H9ClF3N3O4S. The fourth-order valence-corrected chi connectivity index (χ4v) is 1.53. The number of halogens is 4. The number of thiophene rings is 1. The van der Waals surface area contributed by atoms with Crippen molar-refractivity contribution in [2.24, 2.45) is 16.5 Å². The summed E-state index contributed by atoms with van der Waals surface area (Å²) < 4.78 is 37.3. The monoisotopic (exact) mass is 347 g/mol. The second kappa shape index (κ2) is 8.32. The Morgan fingerprint density at radius 1 is 1.43 bits per heavy atom. The molecule has 0 aliphatic heterocycles. The minimum absolute atomic E-state index is 0.228. The third kappa shape index (κ3) is 8.70. The molecule has 21 heavy (non-hydrogen) atoms. The molecule has 0 spiro atoms. The van der Waals surface area contributed by atoms with Gasteiger partial charge in [0.2, 0.25) is 0 Å². The lowest BCUT2D eigenvalue weighted by atomic mass is 10.6. The lowest BCUT2D eigenvalue weighted by Crippen LogP contribution is -2.25. The van der Waals surface area contributed by atoms with E-state index < -0.39 is 18.1 Å². The van der Waals surface area contributed by atoms with Crippen LogP contribution in [0.1, 0.15) is 0 Å². The molecule has 1 rings (SSSR count). The average Bonchev–Trinajstić information content (AvgIpc) is 2.71.